The zero-order valence-corrected chi connectivity index (χ0v) is 10.4. The predicted molar refractivity (Wildman–Crippen MR) is 68.0 cm³/mol. The van der Waals surface area contributed by atoms with Gasteiger partial charge in [-0.25, -0.2) is 0 Å². The van der Waals surface area contributed by atoms with E-state index in [1.54, 1.807) is 24.4 Å². The summed E-state index contributed by atoms with van der Waals surface area (Å²) in [7, 11) is 0. The number of rotatable bonds is 3. The minimum absolute atomic E-state index is 0.0580. The Morgan fingerprint density at radius 3 is 2.88 bits per heavy atom. The number of hydrogen-bond donors (Lipinski definition) is 1. The number of nitrogens with zero attached hydrogens (tertiary/aromatic N) is 1. The Hall–Kier alpha value is -1.73. The van der Waals surface area contributed by atoms with Gasteiger partial charge in [-0.1, -0.05) is 6.07 Å². The molecule has 2 rings (SSSR count). The van der Waals surface area contributed by atoms with Crippen LogP contribution in [0.2, 0.25) is 0 Å². The van der Waals surface area contributed by atoms with Gasteiger partial charge in [-0.05, 0) is 18.4 Å². The monoisotopic (exact) mass is 268 g/mol. The van der Waals surface area contributed by atoms with Crippen molar-refractivity contribution in [3.63, 3.8) is 0 Å². The molecule has 1 N–H and O–H groups in total. The smallest absolute Gasteiger partial charge is 0.304 e. The van der Waals surface area contributed by atoms with Crippen LogP contribution in [-0.4, -0.2) is 10.8 Å². The maximum Gasteiger partial charge on any atom is 0.304 e. The maximum absolute atomic E-state index is 11.7. The summed E-state index contributed by atoms with van der Waals surface area (Å²) >= 11 is 2.49. The molecule has 88 valence electrons. The number of amides is 1. The highest BCUT2D eigenvalue weighted by molar-refractivity contribution is 7.17. The number of nitrogens with one attached hydrogen (secondary N) is 1. The Kier molecular flexibility index (Phi) is 3.21. The van der Waals surface area contributed by atoms with Crippen molar-refractivity contribution < 1.29 is 9.72 Å². The van der Waals surface area contributed by atoms with Crippen molar-refractivity contribution in [2.75, 3.05) is 5.32 Å². The van der Waals surface area contributed by atoms with Crippen LogP contribution in [0.3, 0.4) is 0 Å². The molecular formula is C10H8N2O3S2. The third-order valence-electron chi connectivity index (χ3n) is 2.00. The zero-order chi connectivity index (χ0) is 12.4. The number of hydrogen-bond acceptors (Lipinski definition) is 5. The lowest BCUT2D eigenvalue weighted by molar-refractivity contribution is -0.383. The standard InChI is InChI=1S/C10H8N2O3S2/c1-6-5-7(12(14)15)10(17-6)11-9(13)8-3-2-4-16-8/h2-5H,1H3,(H,11,13). The van der Waals surface area contributed by atoms with E-state index < -0.39 is 4.92 Å². The molecule has 2 heterocycles. The van der Waals surface area contributed by atoms with Crippen molar-refractivity contribution in [1.29, 1.82) is 0 Å². The summed E-state index contributed by atoms with van der Waals surface area (Å²) in [5.74, 6) is -0.315. The topological polar surface area (TPSA) is 72.2 Å². The van der Waals surface area contributed by atoms with E-state index in [1.807, 2.05) is 0 Å². The Morgan fingerprint density at radius 2 is 2.29 bits per heavy atom. The van der Waals surface area contributed by atoms with Gasteiger partial charge in [-0.15, -0.1) is 22.7 Å². The van der Waals surface area contributed by atoms with Crippen LogP contribution in [0.4, 0.5) is 10.7 Å². The van der Waals surface area contributed by atoms with E-state index in [4.69, 9.17) is 0 Å². The molecule has 0 unspecified atom stereocenters. The molecule has 2 aromatic heterocycles. The van der Waals surface area contributed by atoms with E-state index in [1.165, 1.54) is 28.7 Å². The molecule has 5 nitrogen and oxygen atoms in total. The summed E-state index contributed by atoms with van der Waals surface area (Å²) in [6.45, 7) is 1.76. The highest BCUT2D eigenvalue weighted by atomic mass is 32.1. The van der Waals surface area contributed by atoms with Gasteiger partial charge in [0.15, 0.2) is 5.00 Å². The Morgan fingerprint density at radius 1 is 1.53 bits per heavy atom. The lowest BCUT2D eigenvalue weighted by atomic mass is 10.4. The molecule has 0 atom stereocenters. The van der Waals surface area contributed by atoms with Gasteiger partial charge in [0.05, 0.1) is 9.80 Å². The highest BCUT2D eigenvalue weighted by Crippen LogP contribution is 2.34. The fraction of sp³-hybridized carbons (Fsp3) is 0.100. The van der Waals surface area contributed by atoms with Crippen molar-refractivity contribution in [1.82, 2.24) is 0 Å². The van der Waals surface area contributed by atoms with Crippen molar-refractivity contribution in [2.45, 2.75) is 6.92 Å². The first kappa shape index (κ1) is 11.7. The van der Waals surface area contributed by atoms with Crippen molar-refractivity contribution in [3.8, 4) is 0 Å². The van der Waals surface area contributed by atoms with Crippen LogP contribution in [0.1, 0.15) is 14.5 Å². The molecule has 1 amide bonds. The quantitative estimate of drug-likeness (QED) is 0.685. The molecule has 0 aliphatic carbocycles. The van der Waals surface area contributed by atoms with Gasteiger partial charge in [-0.3, -0.25) is 14.9 Å². The number of carbonyl (C=O) groups is 1. The highest BCUT2D eigenvalue weighted by Gasteiger charge is 2.20. The normalized spacial score (nSPS) is 10.2. The second-order valence-corrected chi connectivity index (χ2v) is 5.46. The number of nitro groups is 1. The molecule has 0 saturated carbocycles. The minimum atomic E-state index is -0.493. The number of anilines is 1. The second kappa shape index (κ2) is 4.64. The first-order valence-corrected chi connectivity index (χ1v) is 6.37. The molecule has 2 aromatic rings. The van der Waals surface area contributed by atoms with Gasteiger partial charge in [0, 0.05) is 10.9 Å². The van der Waals surface area contributed by atoms with E-state index in [0.717, 1.165) is 4.88 Å². The summed E-state index contributed by atoms with van der Waals surface area (Å²) in [4.78, 5) is 23.3. The Bertz CT molecular complexity index is 560. The summed E-state index contributed by atoms with van der Waals surface area (Å²) in [5.41, 5.74) is -0.0580. The molecule has 0 radical (unpaired) electrons. The Balaban J connectivity index is 2.24. The Labute approximate surface area is 105 Å². The molecule has 0 aromatic carbocycles. The van der Waals surface area contributed by atoms with Gasteiger partial charge in [0.25, 0.3) is 5.91 Å². The summed E-state index contributed by atoms with van der Waals surface area (Å²) < 4.78 is 0. The fourth-order valence-electron chi connectivity index (χ4n) is 1.30. The molecule has 0 saturated heterocycles. The molecule has 0 bridgehead atoms. The lowest BCUT2D eigenvalue weighted by Crippen LogP contribution is -2.09. The van der Waals surface area contributed by atoms with Crippen molar-refractivity contribution in [3.05, 3.63) is 43.4 Å². The van der Waals surface area contributed by atoms with Gasteiger partial charge in [-0.2, -0.15) is 0 Å². The van der Waals surface area contributed by atoms with Crippen LogP contribution in [-0.2, 0) is 0 Å². The average Bonchev–Trinajstić information content (AvgIpc) is 2.86. The summed E-state index contributed by atoms with van der Waals surface area (Å²) in [6, 6.07) is 4.88. The fourth-order valence-corrected chi connectivity index (χ4v) is 2.79. The third-order valence-corrected chi connectivity index (χ3v) is 3.83. The minimum Gasteiger partial charge on any atom is -0.307 e. The van der Waals surface area contributed by atoms with Gasteiger partial charge >= 0.3 is 5.69 Å². The number of carbonyl (C=O) groups excluding carboxylic acids is 1. The molecule has 0 fully saturated rings. The van der Waals surface area contributed by atoms with Crippen LogP contribution in [0.5, 0.6) is 0 Å². The summed E-state index contributed by atoms with van der Waals surface area (Å²) in [6.07, 6.45) is 0. The average molecular weight is 268 g/mol. The first-order chi connectivity index (χ1) is 8.08. The lowest BCUT2D eigenvalue weighted by Gasteiger charge is -1.99. The number of thiophene rings is 2. The van der Waals surface area contributed by atoms with Crippen molar-refractivity contribution >= 4 is 39.3 Å². The van der Waals surface area contributed by atoms with Gasteiger partial charge in [0.2, 0.25) is 0 Å². The van der Waals surface area contributed by atoms with E-state index >= 15 is 0 Å². The van der Waals surface area contributed by atoms with E-state index in [0.29, 0.717) is 4.88 Å². The SMILES string of the molecule is Cc1cc([N+](=O)[O-])c(NC(=O)c2cccs2)s1. The van der Waals surface area contributed by atoms with Crippen LogP contribution in [0.15, 0.2) is 23.6 Å². The summed E-state index contributed by atoms with van der Waals surface area (Å²) in [5, 5.41) is 15.4. The molecule has 17 heavy (non-hydrogen) atoms. The van der Waals surface area contributed by atoms with Crippen LogP contribution >= 0.6 is 22.7 Å². The maximum atomic E-state index is 11.7. The first-order valence-electron chi connectivity index (χ1n) is 4.67. The molecule has 0 aliphatic rings. The predicted octanol–water partition coefficient (Wildman–Crippen LogP) is 3.28. The van der Waals surface area contributed by atoms with E-state index in [-0.39, 0.29) is 16.6 Å². The third kappa shape index (κ3) is 2.51. The second-order valence-electron chi connectivity index (χ2n) is 3.26. The van der Waals surface area contributed by atoms with Crippen LogP contribution in [0.25, 0.3) is 0 Å². The molecule has 0 aliphatic heterocycles. The molecule has 0 spiro atoms. The molecule has 7 heteroatoms. The van der Waals surface area contributed by atoms with Gasteiger partial charge in [0.1, 0.15) is 0 Å². The van der Waals surface area contributed by atoms with E-state index in [2.05, 4.69) is 5.32 Å². The number of aryl methyl sites for hydroxylation is 1. The largest absolute Gasteiger partial charge is 0.307 e. The van der Waals surface area contributed by atoms with Crippen LogP contribution < -0.4 is 5.32 Å². The van der Waals surface area contributed by atoms with Crippen LogP contribution in [0, 0.1) is 17.0 Å². The zero-order valence-electron chi connectivity index (χ0n) is 8.80. The molecular weight excluding hydrogens is 260 g/mol. The van der Waals surface area contributed by atoms with Gasteiger partial charge < -0.3 is 5.32 Å². The van der Waals surface area contributed by atoms with Crippen molar-refractivity contribution in [2.24, 2.45) is 0 Å². The van der Waals surface area contributed by atoms with E-state index in [9.17, 15) is 14.9 Å².